The molecule has 0 amide bonds. The number of benzene rings is 1. The van der Waals surface area contributed by atoms with Crippen LogP contribution < -0.4 is 0 Å². The van der Waals surface area contributed by atoms with Gasteiger partial charge in [0.05, 0.1) is 0 Å². The Bertz CT molecular complexity index is 445. The van der Waals surface area contributed by atoms with Gasteiger partial charge in [-0.3, -0.25) is 0 Å². The van der Waals surface area contributed by atoms with E-state index in [4.69, 9.17) is 10.2 Å². The monoisotopic (exact) mass is 191 g/mol. The van der Waals surface area contributed by atoms with E-state index in [1.54, 1.807) is 0 Å². The van der Waals surface area contributed by atoms with Gasteiger partial charge in [0.25, 0.3) is 0 Å². The molecule has 3 heteroatoms. The molecule has 74 valence electrons. The van der Waals surface area contributed by atoms with Crippen LogP contribution in [0.25, 0.3) is 10.9 Å². The number of hydrogen-bond acceptors (Lipinski definition) is 2. The van der Waals surface area contributed by atoms with Crippen LogP contribution in [0.5, 0.6) is 0 Å². The molecule has 14 heavy (non-hydrogen) atoms. The normalized spacial score (nSPS) is 11.4. The van der Waals surface area contributed by atoms with Gasteiger partial charge in [-0.1, -0.05) is 6.07 Å². The average molecular weight is 191 g/mol. The van der Waals surface area contributed by atoms with Crippen LogP contribution in [0.15, 0.2) is 24.4 Å². The van der Waals surface area contributed by atoms with Crippen molar-refractivity contribution in [1.82, 2.24) is 4.98 Å². The Morgan fingerprint density at radius 3 is 2.79 bits per heavy atom. The second-order valence-corrected chi connectivity index (χ2v) is 3.48. The van der Waals surface area contributed by atoms with E-state index >= 15 is 0 Å². The second-order valence-electron chi connectivity index (χ2n) is 3.48. The summed E-state index contributed by atoms with van der Waals surface area (Å²) in [7, 11) is 0. The van der Waals surface area contributed by atoms with Crippen molar-refractivity contribution >= 4 is 10.9 Å². The summed E-state index contributed by atoms with van der Waals surface area (Å²) in [5.74, 6) is 0. The number of fused-ring (bicyclic) bond motifs is 1. The van der Waals surface area contributed by atoms with Crippen molar-refractivity contribution in [1.29, 1.82) is 0 Å². The van der Waals surface area contributed by atoms with Gasteiger partial charge in [-0.05, 0) is 30.2 Å². The van der Waals surface area contributed by atoms with E-state index in [-0.39, 0.29) is 6.42 Å². The zero-order valence-corrected chi connectivity index (χ0v) is 7.99. The van der Waals surface area contributed by atoms with Crippen molar-refractivity contribution in [2.45, 2.75) is 19.6 Å². The molecule has 2 aromatic rings. The maximum atomic E-state index is 8.97. The van der Waals surface area contributed by atoms with Crippen molar-refractivity contribution in [2.24, 2.45) is 0 Å². The molecule has 0 saturated carbocycles. The maximum absolute atomic E-state index is 8.97. The lowest BCUT2D eigenvalue weighted by molar-refractivity contribution is -0.0380. The topological polar surface area (TPSA) is 56.2 Å². The Morgan fingerprint density at radius 1 is 1.29 bits per heavy atom. The molecule has 0 spiro atoms. The fourth-order valence-corrected chi connectivity index (χ4v) is 1.76. The second kappa shape index (κ2) is 3.44. The van der Waals surface area contributed by atoms with Crippen LogP contribution in [-0.2, 0) is 6.42 Å². The number of aryl methyl sites for hydroxylation is 1. The van der Waals surface area contributed by atoms with Crippen molar-refractivity contribution in [2.75, 3.05) is 0 Å². The average Bonchev–Trinajstić information content (AvgIpc) is 2.57. The lowest BCUT2D eigenvalue weighted by Crippen LogP contribution is -2.09. The number of aromatic nitrogens is 1. The highest BCUT2D eigenvalue weighted by Gasteiger charge is 2.08. The van der Waals surface area contributed by atoms with Gasteiger partial charge in [-0.25, -0.2) is 0 Å². The van der Waals surface area contributed by atoms with Gasteiger partial charge in [-0.15, -0.1) is 0 Å². The zero-order valence-electron chi connectivity index (χ0n) is 7.99. The van der Waals surface area contributed by atoms with E-state index in [2.05, 4.69) is 4.98 Å². The van der Waals surface area contributed by atoms with Crippen molar-refractivity contribution < 1.29 is 10.2 Å². The first kappa shape index (κ1) is 9.24. The summed E-state index contributed by atoms with van der Waals surface area (Å²) < 4.78 is 0. The van der Waals surface area contributed by atoms with Gasteiger partial charge in [0.1, 0.15) is 0 Å². The molecular weight excluding hydrogens is 178 g/mol. The smallest absolute Gasteiger partial charge is 0.155 e. The number of H-pyrrole nitrogens is 1. The summed E-state index contributed by atoms with van der Waals surface area (Å²) in [5.41, 5.74) is 3.12. The largest absolute Gasteiger partial charge is 0.368 e. The Balaban J connectivity index is 2.58. The summed E-state index contributed by atoms with van der Waals surface area (Å²) in [6.45, 7) is 1.98. The van der Waals surface area contributed by atoms with Gasteiger partial charge in [0.15, 0.2) is 6.29 Å². The first-order valence-electron chi connectivity index (χ1n) is 4.60. The minimum Gasteiger partial charge on any atom is -0.368 e. The van der Waals surface area contributed by atoms with Crippen molar-refractivity contribution in [3.63, 3.8) is 0 Å². The number of aromatic amines is 1. The minimum absolute atomic E-state index is 0.279. The quantitative estimate of drug-likeness (QED) is 0.627. The fraction of sp³-hybridized carbons (Fsp3) is 0.273. The molecule has 0 aliphatic heterocycles. The highest BCUT2D eigenvalue weighted by molar-refractivity contribution is 5.84. The van der Waals surface area contributed by atoms with E-state index in [9.17, 15) is 0 Å². The van der Waals surface area contributed by atoms with E-state index in [0.29, 0.717) is 0 Å². The molecule has 0 radical (unpaired) electrons. The highest BCUT2D eigenvalue weighted by Crippen LogP contribution is 2.22. The predicted molar refractivity (Wildman–Crippen MR) is 55.0 cm³/mol. The number of nitrogens with one attached hydrogen (secondary N) is 1. The van der Waals surface area contributed by atoms with Crippen molar-refractivity contribution in [3.05, 3.63) is 35.5 Å². The Hall–Kier alpha value is -1.32. The lowest BCUT2D eigenvalue weighted by Gasteiger charge is -2.08. The predicted octanol–water partition coefficient (Wildman–Crippen LogP) is 1.33. The third-order valence-electron chi connectivity index (χ3n) is 2.47. The van der Waals surface area contributed by atoms with E-state index in [0.717, 1.165) is 22.0 Å². The standard InChI is InChI=1S/C11H13NO2/c1-7-2-3-10-8(4-5-12-10)9(7)6-11(13)14/h2-5,11-14H,6H2,1H3. The summed E-state index contributed by atoms with van der Waals surface area (Å²) >= 11 is 0. The third kappa shape index (κ3) is 1.52. The molecule has 1 heterocycles. The van der Waals surface area contributed by atoms with Crippen molar-refractivity contribution in [3.8, 4) is 0 Å². The summed E-state index contributed by atoms with van der Waals surface area (Å²) in [4.78, 5) is 3.10. The SMILES string of the molecule is Cc1ccc2[nH]ccc2c1CC(O)O. The third-order valence-corrected chi connectivity index (χ3v) is 2.47. The van der Waals surface area contributed by atoms with E-state index in [1.807, 2.05) is 31.3 Å². The number of rotatable bonds is 2. The van der Waals surface area contributed by atoms with Gasteiger partial charge < -0.3 is 15.2 Å². The van der Waals surface area contributed by atoms with Gasteiger partial charge in [0, 0.05) is 23.5 Å². The number of aliphatic hydroxyl groups excluding tert-OH is 1. The molecule has 3 nitrogen and oxygen atoms in total. The Morgan fingerprint density at radius 2 is 2.07 bits per heavy atom. The summed E-state index contributed by atoms with van der Waals surface area (Å²) in [6.07, 6.45) is 0.854. The van der Waals surface area contributed by atoms with Crippen LogP contribution in [0.4, 0.5) is 0 Å². The van der Waals surface area contributed by atoms with Crippen LogP contribution in [0.3, 0.4) is 0 Å². The zero-order chi connectivity index (χ0) is 10.1. The van der Waals surface area contributed by atoms with Crippen LogP contribution >= 0.6 is 0 Å². The van der Waals surface area contributed by atoms with Crippen LogP contribution in [0, 0.1) is 6.92 Å². The molecule has 0 unspecified atom stereocenters. The molecule has 1 aromatic carbocycles. The molecule has 0 fully saturated rings. The fourth-order valence-electron chi connectivity index (χ4n) is 1.76. The Labute approximate surface area is 82.0 Å². The molecule has 0 bridgehead atoms. The first-order valence-corrected chi connectivity index (χ1v) is 4.60. The lowest BCUT2D eigenvalue weighted by atomic mass is 10.0. The summed E-state index contributed by atoms with van der Waals surface area (Å²) in [6, 6.07) is 5.94. The molecule has 0 atom stereocenters. The van der Waals surface area contributed by atoms with Crippen LogP contribution in [0.1, 0.15) is 11.1 Å². The van der Waals surface area contributed by atoms with E-state index in [1.165, 1.54) is 0 Å². The van der Waals surface area contributed by atoms with Gasteiger partial charge in [-0.2, -0.15) is 0 Å². The maximum Gasteiger partial charge on any atom is 0.155 e. The summed E-state index contributed by atoms with van der Waals surface area (Å²) in [5, 5.41) is 19.0. The molecule has 2 rings (SSSR count). The molecule has 3 N–H and O–H groups in total. The number of aliphatic hydroxyl groups is 2. The van der Waals surface area contributed by atoms with Crippen LogP contribution in [0.2, 0.25) is 0 Å². The molecular formula is C11H13NO2. The van der Waals surface area contributed by atoms with Gasteiger partial charge in [0.2, 0.25) is 0 Å². The first-order chi connectivity index (χ1) is 6.68. The molecule has 1 aromatic heterocycles. The minimum atomic E-state index is -1.28. The molecule has 0 aliphatic rings. The van der Waals surface area contributed by atoms with Crippen LogP contribution in [-0.4, -0.2) is 21.5 Å². The number of hydrogen-bond donors (Lipinski definition) is 3. The van der Waals surface area contributed by atoms with Gasteiger partial charge >= 0.3 is 0 Å². The molecule has 0 saturated heterocycles. The molecule has 0 aliphatic carbocycles. The van der Waals surface area contributed by atoms with E-state index < -0.39 is 6.29 Å². The highest BCUT2D eigenvalue weighted by atomic mass is 16.5. The Kier molecular flexibility index (Phi) is 2.27.